The van der Waals surface area contributed by atoms with Crippen molar-refractivity contribution in [1.82, 2.24) is 5.32 Å². The van der Waals surface area contributed by atoms with E-state index in [1.807, 2.05) is 6.08 Å². The van der Waals surface area contributed by atoms with E-state index in [1.165, 1.54) is 25.7 Å². The molecule has 0 aromatic heterocycles. The molecule has 0 radical (unpaired) electrons. The molecule has 1 rings (SSSR count). The molecule has 1 N–H and O–H groups in total. The first kappa shape index (κ1) is 13.7. The minimum absolute atomic E-state index is 0.447. The quantitative estimate of drug-likeness (QED) is 0.640. The summed E-state index contributed by atoms with van der Waals surface area (Å²) in [6.07, 6.45) is 9.57. The molecule has 1 fully saturated rings. The maximum absolute atomic E-state index is 5.77. The highest BCUT2D eigenvalue weighted by Gasteiger charge is 2.25. The molecule has 3 atom stereocenters. The first-order valence-electron chi connectivity index (χ1n) is 6.80. The summed E-state index contributed by atoms with van der Waals surface area (Å²) < 4.78 is 5.77. The van der Waals surface area contributed by atoms with E-state index < -0.39 is 0 Å². The third-order valence-electron chi connectivity index (χ3n) is 3.52. The van der Waals surface area contributed by atoms with Crippen LogP contribution in [0.5, 0.6) is 0 Å². The van der Waals surface area contributed by atoms with Crippen molar-refractivity contribution >= 4 is 0 Å². The standard InChI is InChI=1S/C14H27NO/c1-4-7-9-12(5-2)15-13(6-3)14-10-8-11-16-14/h4,12-15H,1,5-11H2,2-3H3. The summed E-state index contributed by atoms with van der Waals surface area (Å²) in [6.45, 7) is 9.24. The lowest BCUT2D eigenvalue weighted by atomic mass is 10.0. The van der Waals surface area contributed by atoms with E-state index in [2.05, 4.69) is 25.7 Å². The van der Waals surface area contributed by atoms with Crippen LogP contribution in [-0.4, -0.2) is 24.8 Å². The summed E-state index contributed by atoms with van der Waals surface area (Å²) in [6, 6.07) is 1.16. The van der Waals surface area contributed by atoms with Gasteiger partial charge in [0.1, 0.15) is 0 Å². The second kappa shape index (κ2) is 7.86. The Morgan fingerprint density at radius 3 is 2.75 bits per heavy atom. The number of hydrogen-bond acceptors (Lipinski definition) is 2. The highest BCUT2D eigenvalue weighted by molar-refractivity contribution is 4.83. The van der Waals surface area contributed by atoms with Crippen molar-refractivity contribution in [3.63, 3.8) is 0 Å². The van der Waals surface area contributed by atoms with Crippen molar-refractivity contribution in [2.45, 2.75) is 70.6 Å². The van der Waals surface area contributed by atoms with Gasteiger partial charge >= 0.3 is 0 Å². The van der Waals surface area contributed by atoms with Gasteiger partial charge in [0, 0.05) is 18.7 Å². The highest BCUT2D eigenvalue weighted by atomic mass is 16.5. The number of hydrogen-bond donors (Lipinski definition) is 1. The van der Waals surface area contributed by atoms with Crippen molar-refractivity contribution in [3.05, 3.63) is 12.7 Å². The molecule has 1 saturated heterocycles. The maximum atomic E-state index is 5.77. The molecular formula is C14H27NO. The molecule has 1 aliphatic rings. The van der Waals surface area contributed by atoms with Gasteiger partial charge in [0.25, 0.3) is 0 Å². The van der Waals surface area contributed by atoms with Gasteiger partial charge in [0.2, 0.25) is 0 Å². The van der Waals surface area contributed by atoms with E-state index in [0.29, 0.717) is 18.2 Å². The number of ether oxygens (including phenoxy) is 1. The lowest BCUT2D eigenvalue weighted by Crippen LogP contribution is -2.44. The van der Waals surface area contributed by atoms with Gasteiger partial charge in [-0.15, -0.1) is 6.58 Å². The summed E-state index contributed by atoms with van der Waals surface area (Å²) in [7, 11) is 0. The van der Waals surface area contributed by atoms with Crippen LogP contribution in [0.1, 0.15) is 52.4 Å². The van der Waals surface area contributed by atoms with Gasteiger partial charge in [-0.2, -0.15) is 0 Å². The summed E-state index contributed by atoms with van der Waals surface area (Å²) in [4.78, 5) is 0. The smallest absolute Gasteiger partial charge is 0.0728 e. The molecule has 0 aromatic carbocycles. The molecule has 0 saturated carbocycles. The SMILES string of the molecule is C=CCCC(CC)NC(CC)C1CCCO1. The lowest BCUT2D eigenvalue weighted by Gasteiger charge is -2.28. The molecule has 0 aromatic rings. The largest absolute Gasteiger partial charge is 0.377 e. The number of nitrogens with one attached hydrogen (secondary N) is 1. The maximum Gasteiger partial charge on any atom is 0.0728 e. The van der Waals surface area contributed by atoms with E-state index in [9.17, 15) is 0 Å². The number of rotatable bonds is 8. The Labute approximate surface area is 100 Å². The molecular weight excluding hydrogens is 198 g/mol. The Balaban J connectivity index is 2.36. The molecule has 0 amide bonds. The van der Waals surface area contributed by atoms with Gasteiger partial charge in [-0.1, -0.05) is 19.9 Å². The fourth-order valence-corrected chi connectivity index (χ4v) is 2.44. The van der Waals surface area contributed by atoms with Crippen LogP contribution in [0.4, 0.5) is 0 Å². The molecule has 0 spiro atoms. The van der Waals surface area contributed by atoms with Crippen LogP contribution in [-0.2, 0) is 4.74 Å². The van der Waals surface area contributed by atoms with Gasteiger partial charge < -0.3 is 10.1 Å². The minimum atomic E-state index is 0.447. The predicted molar refractivity (Wildman–Crippen MR) is 69.7 cm³/mol. The molecule has 2 nitrogen and oxygen atoms in total. The highest BCUT2D eigenvalue weighted by Crippen LogP contribution is 2.19. The molecule has 0 bridgehead atoms. The van der Waals surface area contributed by atoms with E-state index in [1.54, 1.807) is 0 Å². The third-order valence-corrected chi connectivity index (χ3v) is 3.52. The molecule has 1 aliphatic heterocycles. The molecule has 94 valence electrons. The van der Waals surface area contributed by atoms with Gasteiger partial charge in [0.05, 0.1) is 6.10 Å². The fourth-order valence-electron chi connectivity index (χ4n) is 2.44. The lowest BCUT2D eigenvalue weighted by molar-refractivity contribution is 0.0720. The van der Waals surface area contributed by atoms with Crippen LogP contribution in [0.15, 0.2) is 12.7 Å². The van der Waals surface area contributed by atoms with Crippen molar-refractivity contribution in [2.24, 2.45) is 0 Å². The monoisotopic (exact) mass is 225 g/mol. The van der Waals surface area contributed by atoms with E-state index in [4.69, 9.17) is 4.74 Å². The number of allylic oxidation sites excluding steroid dienone is 1. The van der Waals surface area contributed by atoms with Crippen LogP contribution < -0.4 is 5.32 Å². The Morgan fingerprint density at radius 1 is 1.44 bits per heavy atom. The topological polar surface area (TPSA) is 21.3 Å². The van der Waals surface area contributed by atoms with Crippen molar-refractivity contribution in [2.75, 3.05) is 6.61 Å². The van der Waals surface area contributed by atoms with E-state index in [0.717, 1.165) is 19.4 Å². The summed E-state index contributed by atoms with van der Waals surface area (Å²) in [5.41, 5.74) is 0. The first-order valence-corrected chi connectivity index (χ1v) is 6.80. The van der Waals surface area contributed by atoms with Gasteiger partial charge in [-0.05, 0) is 38.5 Å². The Kier molecular flexibility index (Phi) is 6.74. The second-order valence-corrected chi connectivity index (χ2v) is 4.70. The normalized spacial score (nSPS) is 24.2. The fraction of sp³-hybridized carbons (Fsp3) is 0.857. The van der Waals surface area contributed by atoms with Crippen LogP contribution in [0.2, 0.25) is 0 Å². The Hall–Kier alpha value is -0.340. The molecule has 1 heterocycles. The van der Waals surface area contributed by atoms with Gasteiger partial charge in [-0.25, -0.2) is 0 Å². The van der Waals surface area contributed by atoms with Crippen molar-refractivity contribution in [3.8, 4) is 0 Å². The van der Waals surface area contributed by atoms with Crippen LogP contribution in [0.25, 0.3) is 0 Å². The van der Waals surface area contributed by atoms with E-state index >= 15 is 0 Å². The summed E-state index contributed by atoms with van der Waals surface area (Å²) in [5, 5.41) is 3.76. The van der Waals surface area contributed by atoms with Crippen molar-refractivity contribution in [1.29, 1.82) is 0 Å². The zero-order valence-electron chi connectivity index (χ0n) is 10.9. The Morgan fingerprint density at radius 2 is 2.25 bits per heavy atom. The van der Waals surface area contributed by atoms with Crippen LogP contribution in [0.3, 0.4) is 0 Å². The van der Waals surface area contributed by atoms with Crippen LogP contribution >= 0.6 is 0 Å². The average Bonchev–Trinajstić information content (AvgIpc) is 2.83. The minimum Gasteiger partial charge on any atom is -0.377 e. The van der Waals surface area contributed by atoms with Crippen LogP contribution in [0, 0.1) is 0 Å². The predicted octanol–water partition coefficient (Wildman–Crippen LogP) is 3.28. The van der Waals surface area contributed by atoms with Gasteiger partial charge in [-0.3, -0.25) is 0 Å². The summed E-state index contributed by atoms with van der Waals surface area (Å²) in [5.74, 6) is 0. The van der Waals surface area contributed by atoms with Crippen molar-refractivity contribution < 1.29 is 4.74 Å². The second-order valence-electron chi connectivity index (χ2n) is 4.70. The molecule has 0 aliphatic carbocycles. The Bertz CT molecular complexity index is 187. The van der Waals surface area contributed by atoms with E-state index in [-0.39, 0.29) is 0 Å². The van der Waals surface area contributed by atoms with Gasteiger partial charge in [0.15, 0.2) is 0 Å². The molecule has 3 unspecified atom stereocenters. The zero-order chi connectivity index (χ0) is 11.8. The summed E-state index contributed by atoms with van der Waals surface area (Å²) >= 11 is 0. The first-order chi connectivity index (χ1) is 7.81. The zero-order valence-corrected chi connectivity index (χ0v) is 10.9. The molecule has 2 heteroatoms. The molecule has 16 heavy (non-hydrogen) atoms. The third kappa shape index (κ3) is 4.26. The average molecular weight is 225 g/mol.